The minimum atomic E-state index is -4.00. The topological polar surface area (TPSA) is 89.4 Å². The zero-order chi connectivity index (χ0) is 27.0. The summed E-state index contributed by atoms with van der Waals surface area (Å²) in [5, 5.41) is 5.23. The number of halogens is 2. The Morgan fingerprint density at radius 3 is 2.42 bits per heavy atom. The summed E-state index contributed by atoms with van der Waals surface area (Å²) in [7, 11) is -2.58. The van der Waals surface area contributed by atoms with Gasteiger partial charge in [0.25, 0.3) is 15.9 Å². The minimum absolute atomic E-state index is 0.0492. The fourth-order valence-corrected chi connectivity index (χ4v) is 6.06. The molecule has 0 fully saturated rings. The highest BCUT2D eigenvalue weighted by Gasteiger charge is 2.20. The lowest BCUT2D eigenvalue weighted by atomic mass is 10.1. The molecule has 7 nitrogen and oxygen atoms in total. The zero-order valence-electron chi connectivity index (χ0n) is 20.5. The van der Waals surface area contributed by atoms with Crippen LogP contribution < -0.4 is 14.8 Å². The molecular formula is C28H23Cl2N3O4S. The van der Waals surface area contributed by atoms with Gasteiger partial charge in [-0.15, -0.1) is 0 Å². The Hall–Kier alpha value is -3.72. The van der Waals surface area contributed by atoms with Crippen molar-refractivity contribution in [1.82, 2.24) is 4.57 Å². The predicted octanol–water partition coefficient (Wildman–Crippen LogP) is 7.18. The van der Waals surface area contributed by atoms with Crippen molar-refractivity contribution >= 4 is 72.3 Å². The van der Waals surface area contributed by atoms with Crippen molar-refractivity contribution in [2.75, 3.05) is 17.1 Å². The Kier molecular flexibility index (Phi) is 6.96. The number of nitrogens with one attached hydrogen (secondary N) is 2. The molecule has 1 aromatic heterocycles. The van der Waals surface area contributed by atoms with Crippen molar-refractivity contribution in [1.29, 1.82) is 0 Å². The molecule has 0 aliphatic rings. The average molecular weight is 568 g/mol. The van der Waals surface area contributed by atoms with Crippen LogP contribution in [0.25, 0.3) is 21.8 Å². The van der Waals surface area contributed by atoms with Crippen LogP contribution in [0.3, 0.4) is 0 Å². The number of benzene rings is 4. The molecule has 0 saturated heterocycles. The number of hydrogen-bond donors (Lipinski definition) is 2. The number of ether oxygens (including phenoxy) is 1. The van der Waals surface area contributed by atoms with Gasteiger partial charge in [-0.25, -0.2) is 8.42 Å². The first-order valence-electron chi connectivity index (χ1n) is 11.7. The summed E-state index contributed by atoms with van der Waals surface area (Å²) >= 11 is 12.1. The SMILES string of the molecule is CCn1c2ccccc2c2cc(NS(=O)(=O)c3ccc(OC)c(NC(=O)c4ccc(Cl)cc4Cl)c3)ccc21. The van der Waals surface area contributed by atoms with E-state index in [1.165, 1.54) is 37.4 Å². The molecular weight excluding hydrogens is 545 g/mol. The molecule has 38 heavy (non-hydrogen) atoms. The molecule has 0 saturated carbocycles. The van der Waals surface area contributed by atoms with Crippen LogP contribution in [-0.2, 0) is 16.6 Å². The fourth-order valence-electron chi connectivity index (χ4n) is 4.49. The van der Waals surface area contributed by atoms with Crippen LogP contribution in [0.5, 0.6) is 5.75 Å². The molecule has 4 aromatic carbocycles. The molecule has 0 unspecified atom stereocenters. The van der Waals surface area contributed by atoms with E-state index >= 15 is 0 Å². The molecule has 5 aromatic rings. The van der Waals surface area contributed by atoms with E-state index in [0.29, 0.717) is 10.7 Å². The van der Waals surface area contributed by atoms with Crippen LogP contribution in [0.4, 0.5) is 11.4 Å². The number of para-hydroxylation sites is 1. The van der Waals surface area contributed by atoms with Crippen molar-refractivity contribution in [2.24, 2.45) is 0 Å². The number of carbonyl (C=O) groups excluding carboxylic acids is 1. The van der Waals surface area contributed by atoms with Gasteiger partial charge in [0.1, 0.15) is 5.75 Å². The lowest BCUT2D eigenvalue weighted by molar-refractivity contribution is 0.102. The van der Waals surface area contributed by atoms with Crippen LogP contribution in [0.15, 0.2) is 83.8 Å². The largest absolute Gasteiger partial charge is 0.495 e. The third-order valence-electron chi connectivity index (χ3n) is 6.25. The van der Waals surface area contributed by atoms with Gasteiger partial charge in [0.05, 0.1) is 28.3 Å². The average Bonchev–Trinajstić information content (AvgIpc) is 3.21. The molecule has 0 bridgehead atoms. The minimum Gasteiger partial charge on any atom is -0.495 e. The second-order valence-corrected chi connectivity index (χ2v) is 11.1. The van der Waals surface area contributed by atoms with Crippen LogP contribution in [0.2, 0.25) is 10.0 Å². The highest BCUT2D eigenvalue weighted by Crippen LogP contribution is 2.33. The molecule has 1 amide bonds. The summed E-state index contributed by atoms with van der Waals surface area (Å²) in [5.41, 5.74) is 2.89. The number of nitrogens with zero attached hydrogens (tertiary/aromatic N) is 1. The number of aryl methyl sites for hydroxylation is 1. The van der Waals surface area contributed by atoms with Crippen LogP contribution in [0, 0.1) is 0 Å². The molecule has 194 valence electrons. The van der Waals surface area contributed by atoms with E-state index in [2.05, 4.69) is 21.5 Å². The quantitative estimate of drug-likeness (QED) is 0.218. The number of sulfonamides is 1. The fraction of sp³-hybridized carbons (Fsp3) is 0.107. The van der Waals surface area contributed by atoms with E-state index in [1.54, 1.807) is 12.1 Å². The van der Waals surface area contributed by atoms with Crippen molar-refractivity contribution in [3.8, 4) is 5.75 Å². The first kappa shape index (κ1) is 25.9. The molecule has 2 N–H and O–H groups in total. The van der Waals surface area contributed by atoms with Crippen molar-refractivity contribution < 1.29 is 17.9 Å². The first-order valence-corrected chi connectivity index (χ1v) is 13.9. The Labute approximate surface area is 230 Å². The van der Waals surface area contributed by atoms with Gasteiger partial charge in [0, 0.05) is 39.1 Å². The Balaban J connectivity index is 1.47. The van der Waals surface area contributed by atoms with Crippen LogP contribution in [0.1, 0.15) is 17.3 Å². The zero-order valence-corrected chi connectivity index (χ0v) is 22.8. The maximum Gasteiger partial charge on any atom is 0.261 e. The van der Waals surface area contributed by atoms with E-state index in [9.17, 15) is 13.2 Å². The number of amides is 1. The number of fused-ring (bicyclic) bond motifs is 3. The summed E-state index contributed by atoms with van der Waals surface area (Å²) in [6.45, 7) is 2.86. The van der Waals surface area contributed by atoms with Gasteiger partial charge < -0.3 is 14.6 Å². The number of aromatic nitrogens is 1. The second-order valence-electron chi connectivity index (χ2n) is 8.54. The third kappa shape index (κ3) is 4.78. The van der Waals surface area contributed by atoms with Crippen molar-refractivity contribution in [3.63, 3.8) is 0 Å². The van der Waals surface area contributed by atoms with E-state index < -0.39 is 15.9 Å². The molecule has 0 spiro atoms. The monoisotopic (exact) mass is 567 g/mol. The molecule has 1 heterocycles. The highest BCUT2D eigenvalue weighted by molar-refractivity contribution is 7.92. The maximum atomic E-state index is 13.4. The van der Waals surface area contributed by atoms with Gasteiger partial charge in [0.2, 0.25) is 0 Å². The summed E-state index contributed by atoms with van der Waals surface area (Å²) in [6.07, 6.45) is 0. The second kappa shape index (κ2) is 10.2. The molecule has 0 aliphatic carbocycles. The van der Waals surface area contributed by atoms with E-state index in [0.717, 1.165) is 28.4 Å². The number of anilines is 2. The smallest absolute Gasteiger partial charge is 0.261 e. The van der Waals surface area contributed by atoms with Crippen LogP contribution in [-0.4, -0.2) is 26.0 Å². The lowest BCUT2D eigenvalue weighted by Crippen LogP contribution is -2.16. The number of carbonyl (C=O) groups is 1. The molecule has 5 rings (SSSR count). The summed E-state index contributed by atoms with van der Waals surface area (Å²) < 4.78 is 36.9. The van der Waals surface area contributed by atoms with Gasteiger partial charge >= 0.3 is 0 Å². The van der Waals surface area contributed by atoms with E-state index in [-0.39, 0.29) is 26.9 Å². The predicted molar refractivity (Wildman–Crippen MR) is 153 cm³/mol. The number of hydrogen-bond acceptors (Lipinski definition) is 4. The first-order chi connectivity index (χ1) is 18.2. The van der Waals surface area contributed by atoms with Crippen molar-refractivity contribution in [3.05, 3.63) is 94.5 Å². The van der Waals surface area contributed by atoms with Gasteiger partial charge in [-0.05, 0) is 67.6 Å². The normalized spacial score (nSPS) is 11.6. The Bertz CT molecular complexity index is 1820. The van der Waals surface area contributed by atoms with Gasteiger partial charge in [0.15, 0.2) is 0 Å². The van der Waals surface area contributed by atoms with Gasteiger partial charge in [-0.1, -0.05) is 41.4 Å². The maximum absolute atomic E-state index is 13.4. The van der Waals surface area contributed by atoms with Gasteiger partial charge in [-0.3, -0.25) is 9.52 Å². The Morgan fingerprint density at radius 1 is 0.921 bits per heavy atom. The molecule has 0 atom stereocenters. The number of methoxy groups -OCH3 is 1. The van der Waals surface area contributed by atoms with Gasteiger partial charge in [-0.2, -0.15) is 0 Å². The molecule has 10 heteroatoms. The van der Waals surface area contributed by atoms with Crippen LogP contribution >= 0.6 is 23.2 Å². The summed E-state index contributed by atoms with van der Waals surface area (Å²) in [5.74, 6) is -0.249. The van der Waals surface area contributed by atoms with Crippen molar-refractivity contribution in [2.45, 2.75) is 18.4 Å². The summed E-state index contributed by atoms with van der Waals surface area (Å²) in [4.78, 5) is 12.8. The highest BCUT2D eigenvalue weighted by atomic mass is 35.5. The summed E-state index contributed by atoms with van der Waals surface area (Å²) in [6, 6.07) is 22.2. The van der Waals surface area contributed by atoms with E-state index in [4.69, 9.17) is 27.9 Å². The molecule has 0 aliphatic heterocycles. The molecule has 0 radical (unpaired) electrons. The Morgan fingerprint density at radius 2 is 1.68 bits per heavy atom. The third-order valence-corrected chi connectivity index (χ3v) is 8.17. The number of rotatable bonds is 7. The standard InChI is InChI=1S/C28H23Cl2N3O4S/c1-3-33-25-7-5-4-6-20(25)22-15-18(9-12-26(22)33)32-38(35,36)19-10-13-27(37-2)24(16-19)31-28(34)21-11-8-17(29)14-23(21)30/h4-16,32H,3H2,1-2H3,(H,31,34). The lowest BCUT2D eigenvalue weighted by Gasteiger charge is -2.14. The van der Waals surface area contributed by atoms with E-state index in [1.807, 2.05) is 36.4 Å².